The minimum absolute atomic E-state index is 0.446. The molecule has 5 heteroatoms. The minimum Gasteiger partial charge on any atom is -0.347 e. The van der Waals surface area contributed by atoms with Crippen molar-refractivity contribution in [3.63, 3.8) is 0 Å². The molecule has 1 fully saturated rings. The van der Waals surface area contributed by atoms with E-state index in [1.54, 1.807) is 0 Å². The highest BCUT2D eigenvalue weighted by atomic mass is 32.1. The van der Waals surface area contributed by atoms with Gasteiger partial charge in [0.2, 0.25) is 5.13 Å². The molecule has 1 aliphatic rings. The number of halogens is 1. The van der Waals surface area contributed by atoms with Gasteiger partial charge in [-0.25, -0.2) is 4.39 Å². The van der Waals surface area contributed by atoms with Crippen molar-refractivity contribution in [1.82, 2.24) is 10.2 Å². The van der Waals surface area contributed by atoms with Crippen molar-refractivity contribution in [1.29, 1.82) is 0 Å². The van der Waals surface area contributed by atoms with Crippen LogP contribution in [-0.2, 0) is 0 Å². The molecule has 0 radical (unpaired) electrons. The molecule has 1 saturated carbocycles. The van der Waals surface area contributed by atoms with Crippen molar-refractivity contribution >= 4 is 16.5 Å². The summed E-state index contributed by atoms with van der Waals surface area (Å²) in [7, 11) is 1.89. The number of hydrogen-bond donors (Lipinski definition) is 0. The molecule has 1 aromatic rings. The number of aryl methyl sites for hydroxylation is 1. The molecule has 3 nitrogen and oxygen atoms in total. The summed E-state index contributed by atoms with van der Waals surface area (Å²) in [5.41, 5.74) is -1.01. The normalized spacial score (nSPS) is 19.4. The average Bonchev–Trinajstić information content (AvgIpc) is 2.75. The summed E-state index contributed by atoms with van der Waals surface area (Å²) >= 11 is 1.51. The van der Waals surface area contributed by atoms with Gasteiger partial charge in [-0.2, -0.15) is 0 Å². The van der Waals surface area contributed by atoms with Crippen molar-refractivity contribution in [2.24, 2.45) is 0 Å². The van der Waals surface area contributed by atoms with Crippen LogP contribution in [0.3, 0.4) is 0 Å². The van der Waals surface area contributed by atoms with E-state index in [1.807, 2.05) is 18.9 Å². The SMILES string of the molecule is Cc1nnc(N(C)CC2(F)CCCC2)s1. The molecule has 84 valence electrons. The van der Waals surface area contributed by atoms with Crippen molar-refractivity contribution in [2.75, 3.05) is 18.5 Å². The van der Waals surface area contributed by atoms with E-state index in [1.165, 1.54) is 11.3 Å². The van der Waals surface area contributed by atoms with Gasteiger partial charge in [0, 0.05) is 7.05 Å². The third-order valence-corrected chi connectivity index (χ3v) is 3.82. The van der Waals surface area contributed by atoms with Crippen LogP contribution in [0.1, 0.15) is 30.7 Å². The summed E-state index contributed by atoms with van der Waals surface area (Å²) in [6.07, 6.45) is 3.41. The summed E-state index contributed by atoms with van der Waals surface area (Å²) in [5.74, 6) is 0. The molecule has 15 heavy (non-hydrogen) atoms. The number of nitrogens with zero attached hydrogens (tertiary/aromatic N) is 3. The molecule has 0 saturated heterocycles. The van der Waals surface area contributed by atoms with Gasteiger partial charge in [-0.3, -0.25) is 0 Å². The smallest absolute Gasteiger partial charge is 0.208 e. The van der Waals surface area contributed by atoms with Gasteiger partial charge < -0.3 is 4.90 Å². The van der Waals surface area contributed by atoms with Crippen molar-refractivity contribution < 1.29 is 4.39 Å². The first-order chi connectivity index (χ1) is 7.09. The zero-order valence-electron chi connectivity index (χ0n) is 9.16. The van der Waals surface area contributed by atoms with Gasteiger partial charge in [0.1, 0.15) is 10.7 Å². The summed E-state index contributed by atoms with van der Waals surface area (Å²) in [6.45, 7) is 2.36. The Hall–Kier alpha value is -0.710. The summed E-state index contributed by atoms with van der Waals surface area (Å²) < 4.78 is 14.2. The van der Waals surface area contributed by atoms with Gasteiger partial charge in [0.25, 0.3) is 0 Å². The number of aromatic nitrogens is 2. The van der Waals surface area contributed by atoms with Crippen LogP contribution in [-0.4, -0.2) is 29.5 Å². The Morgan fingerprint density at radius 2 is 2.07 bits per heavy atom. The number of anilines is 1. The Labute approximate surface area is 93.3 Å². The maximum atomic E-state index is 14.2. The standard InChI is InChI=1S/C10H16FN3S/c1-8-12-13-9(15-8)14(2)7-10(11)5-3-4-6-10/h3-7H2,1-2H3. The molecule has 1 heterocycles. The first-order valence-electron chi connectivity index (χ1n) is 5.29. The molecule has 0 bridgehead atoms. The van der Waals surface area contributed by atoms with E-state index in [2.05, 4.69) is 10.2 Å². The van der Waals surface area contributed by atoms with Gasteiger partial charge >= 0.3 is 0 Å². The lowest BCUT2D eigenvalue weighted by atomic mass is 10.1. The zero-order valence-corrected chi connectivity index (χ0v) is 9.98. The third-order valence-electron chi connectivity index (χ3n) is 2.86. The van der Waals surface area contributed by atoms with Crippen LogP contribution in [0.2, 0.25) is 0 Å². The number of hydrogen-bond acceptors (Lipinski definition) is 4. The second-order valence-electron chi connectivity index (χ2n) is 4.32. The van der Waals surface area contributed by atoms with Crippen LogP contribution < -0.4 is 4.90 Å². The molecule has 0 aromatic carbocycles. The second-order valence-corrected chi connectivity index (χ2v) is 5.48. The lowest BCUT2D eigenvalue weighted by molar-refractivity contribution is 0.181. The molecule has 1 aromatic heterocycles. The van der Waals surface area contributed by atoms with Crippen molar-refractivity contribution in [2.45, 2.75) is 38.3 Å². The van der Waals surface area contributed by atoms with E-state index in [4.69, 9.17) is 0 Å². The highest BCUT2D eigenvalue weighted by Gasteiger charge is 2.35. The van der Waals surface area contributed by atoms with Gasteiger partial charge in [-0.05, 0) is 19.8 Å². The van der Waals surface area contributed by atoms with E-state index in [9.17, 15) is 4.39 Å². The minimum atomic E-state index is -1.01. The summed E-state index contributed by atoms with van der Waals surface area (Å²) in [4.78, 5) is 1.88. The van der Waals surface area contributed by atoms with E-state index >= 15 is 0 Å². The summed E-state index contributed by atoms with van der Waals surface area (Å²) in [5, 5.41) is 9.70. The Kier molecular flexibility index (Phi) is 2.91. The lowest BCUT2D eigenvalue weighted by Crippen LogP contribution is -2.35. The molecule has 0 amide bonds. The molecule has 0 unspecified atom stereocenters. The van der Waals surface area contributed by atoms with Crippen LogP contribution in [0, 0.1) is 6.92 Å². The Morgan fingerprint density at radius 3 is 2.60 bits per heavy atom. The highest BCUT2D eigenvalue weighted by Crippen LogP contribution is 2.35. The fourth-order valence-electron chi connectivity index (χ4n) is 2.10. The molecule has 1 aliphatic carbocycles. The quantitative estimate of drug-likeness (QED) is 0.797. The Morgan fingerprint density at radius 1 is 1.40 bits per heavy atom. The van der Waals surface area contributed by atoms with Gasteiger partial charge in [-0.15, -0.1) is 10.2 Å². The molecule has 0 spiro atoms. The monoisotopic (exact) mass is 229 g/mol. The number of rotatable bonds is 3. The van der Waals surface area contributed by atoms with Crippen LogP contribution in [0.4, 0.5) is 9.52 Å². The predicted molar refractivity (Wildman–Crippen MR) is 60.2 cm³/mol. The first-order valence-corrected chi connectivity index (χ1v) is 6.11. The van der Waals surface area contributed by atoms with Crippen molar-refractivity contribution in [3.05, 3.63) is 5.01 Å². The summed E-state index contributed by atoms with van der Waals surface area (Å²) in [6, 6.07) is 0. The fraction of sp³-hybridized carbons (Fsp3) is 0.800. The maximum Gasteiger partial charge on any atom is 0.208 e. The molecule has 2 rings (SSSR count). The first kappa shape index (κ1) is 10.8. The van der Waals surface area contributed by atoms with E-state index < -0.39 is 5.67 Å². The van der Waals surface area contributed by atoms with Gasteiger partial charge in [-0.1, -0.05) is 24.2 Å². The lowest BCUT2D eigenvalue weighted by Gasteiger charge is -2.25. The van der Waals surface area contributed by atoms with Gasteiger partial charge in [0.15, 0.2) is 0 Å². The second kappa shape index (κ2) is 4.04. The van der Waals surface area contributed by atoms with Gasteiger partial charge in [0.05, 0.1) is 6.54 Å². The van der Waals surface area contributed by atoms with Crippen LogP contribution in [0.5, 0.6) is 0 Å². The fourth-order valence-corrected chi connectivity index (χ4v) is 2.75. The topological polar surface area (TPSA) is 29.0 Å². The molecular weight excluding hydrogens is 213 g/mol. The van der Waals surface area contributed by atoms with Crippen LogP contribution in [0.15, 0.2) is 0 Å². The Bertz CT molecular complexity index is 333. The van der Waals surface area contributed by atoms with Crippen molar-refractivity contribution in [3.8, 4) is 0 Å². The van der Waals surface area contributed by atoms with Crippen LogP contribution >= 0.6 is 11.3 Å². The largest absolute Gasteiger partial charge is 0.347 e. The number of alkyl halides is 1. The maximum absolute atomic E-state index is 14.2. The molecule has 0 aliphatic heterocycles. The highest BCUT2D eigenvalue weighted by molar-refractivity contribution is 7.15. The molecule has 0 atom stereocenters. The molecular formula is C10H16FN3S. The van der Waals surface area contributed by atoms with E-state index in [0.29, 0.717) is 19.4 Å². The molecule has 0 N–H and O–H groups in total. The predicted octanol–water partition coefficient (Wildman–Crippen LogP) is 2.57. The average molecular weight is 229 g/mol. The van der Waals surface area contributed by atoms with E-state index in [0.717, 1.165) is 23.0 Å². The van der Waals surface area contributed by atoms with E-state index in [-0.39, 0.29) is 0 Å². The zero-order chi connectivity index (χ0) is 10.9. The van der Waals surface area contributed by atoms with Crippen LogP contribution in [0.25, 0.3) is 0 Å². The third kappa shape index (κ3) is 2.45. The Balaban J connectivity index is 2.00.